The summed E-state index contributed by atoms with van der Waals surface area (Å²) in [4.78, 5) is 29.8. The maximum Gasteiger partial charge on any atom is 0.266 e. The maximum absolute atomic E-state index is 12.7. The van der Waals surface area contributed by atoms with Gasteiger partial charge >= 0.3 is 0 Å². The molecular formula is C21H23N3O3S. The molecule has 2 aromatic heterocycles. The van der Waals surface area contributed by atoms with Gasteiger partial charge in [-0.25, -0.2) is 4.98 Å². The number of benzene rings is 1. The molecule has 0 spiro atoms. The zero-order valence-electron chi connectivity index (χ0n) is 16.5. The number of aromatic nitrogens is 1. The first-order chi connectivity index (χ1) is 13.2. The standard InChI is InChI=1S/C21H23N3O3S/c1-12-10-17(24-20(26)21(2,3)4)28-18(12)19(25)22-14-7-8-15-13(11-14)6-9-16(23-15)27-5/h6-11H,1-5H3,(H,22,25)(H,24,26). The number of aryl methyl sites for hydroxylation is 1. The second kappa shape index (κ2) is 7.59. The zero-order chi connectivity index (χ0) is 20.5. The lowest BCUT2D eigenvalue weighted by atomic mass is 9.96. The number of pyridine rings is 1. The van der Waals surface area contributed by atoms with Crippen molar-refractivity contribution < 1.29 is 14.3 Å². The van der Waals surface area contributed by atoms with Crippen LogP contribution in [0.4, 0.5) is 10.7 Å². The van der Waals surface area contributed by atoms with Crippen LogP contribution in [0, 0.1) is 12.3 Å². The van der Waals surface area contributed by atoms with Crippen molar-refractivity contribution in [2.24, 2.45) is 5.41 Å². The lowest BCUT2D eigenvalue weighted by Gasteiger charge is -2.16. The average Bonchev–Trinajstić information content (AvgIpc) is 3.00. The number of hydrogen-bond acceptors (Lipinski definition) is 5. The number of carbonyl (C=O) groups is 2. The summed E-state index contributed by atoms with van der Waals surface area (Å²) in [5.41, 5.74) is 1.79. The van der Waals surface area contributed by atoms with Gasteiger partial charge in [-0.15, -0.1) is 11.3 Å². The molecule has 0 radical (unpaired) electrons. The van der Waals surface area contributed by atoms with Crippen LogP contribution in [-0.2, 0) is 4.79 Å². The number of carbonyl (C=O) groups excluding carboxylic acids is 2. The Hall–Kier alpha value is -2.93. The SMILES string of the molecule is COc1ccc2cc(NC(=O)c3sc(NC(=O)C(C)(C)C)cc3C)ccc2n1. The number of rotatable bonds is 4. The Morgan fingerprint density at radius 2 is 1.82 bits per heavy atom. The van der Waals surface area contributed by atoms with Gasteiger partial charge in [-0.2, -0.15) is 0 Å². The molecule has 0 saturated heterocycles. The van der Waals surface area contributed by atoms with Crippen molar-refractivity contribution in [3.05, 3.63) is 46.8 Å². The van der Waals surface area contributed by atoms with E-state index in [4.69, 9.17) is 4.74 Å². The summed E-state index contributed by atoms with van der Waals surface area (Å²) in [6.07, 6.45) is 0. The van der Waals surface area contributed by atoms with Crippen LogP contribution in [0.3, 0.4) is 0 Å². The molecule has 3 rings (SSSR count). The van der Waals surface area contributed by atoms with Crippen molar-refractivity contribution in [2.75, 3.05) is 17.7 Å². The van der Waals surface area contributed by atoms with E-state index in [-0.39, 0.29) is 11.8 Å². The fraction of sp³-hybridized carbons (Fsp3) is 0.286. The van der Waals surface area contributed by atoms with Crippen LogP contribution in [0.5, 0.6) is 5.88 Å². The summed E-state index contributed by atoms with van der Waals surface area (Å²) in [6, 6.07) is 11.0. The monoisotopic (exact) mass is 397 g/mol. The maximum atomic E-state index is 12.7. The predicted molar refractivity (Wildman–Crippen MR) is 113 cm³/mol. The molecule has 0 aliphatic rings. The quantitative estimate of drug-likeness (QED) is 0.659. The van der Waals surface area contributed by atoms with E-state index in [1.54, 1.807) is 19.2 Å². The Labute approximate surface area is 167 Å². The van der Waals surface area contributed by atoms with Crippen molar-refractivity contribution in [2.45, 2.75) is 27.7 Å². The minimum Gasteiger partial charge on any atom is -0.481 e. The normalized spacial score (nSPS) is 11.3. The Kier molecular flexibility index (Phi) is 5.38. The number of anilines is 2. The molecule has 146 valence electrons. The van der Waals surface area contributed by atoms with Gasteiger partial charge in [0.25, 0.3) is 5.91 Å². The van der Waals surface area contributed by atoms with Crippen molar-refractivity contribution in [1.82, 2.24) is 4.98 Å². The van der Waals surface area contributed by atoms with E-state index in [0.29, 0.717) is 21.4 Å². The van der Waals surface area contributed by atoms with Gasteiger partial charge in [-0.3, -0.25) is 9.59 Å². The van der Waals surface area contributed by atoms with E-state index in [1.165, 1.54) is 11.3 Å². The summed E-state index contributed by atoms with van der Waals surface area (Å²) in [5, 5.41) is 7.36. The third-order valence-electron chi connectivity index (χ3n) is 4.17. The van der Waals surface area contributed by atoms with Gasteiger partial charge in [0.2, 0.25) is 11.8 Å². The summed E-state index contributed by atoms with van der Waals surface area (Å²) >= 11 is 1.27. The van der Waals surface area contributed by atoms with Gasteiger partial charge in [0.15, 0.2) is 0 Å². The molecule has 6 nitrogen and oxygen atoms in total. The van der Waals surface area contributed by atoms with Crippen LogP contribution in [0.1, 0.15) is 36.0 Å². The molecule has 0 aliphatic carbocycles. The molecule has 0 unspecified atom stereocenters. The highest BCUT2D eigenvalue weighted by Gasteiger charge is 2.23. The number of hydrogen-bond donors (Lipinski definition) is 2. The van der Waals surface area contributed by atoms with Crippen molar-refractivity contribution >= 4 is 44.7 Å². The molecule has 2 amide bonds. The molecule has 2 heterocycles. The van der Waals surface area contributed by atoms with Crippen LogP contribution in [-0.4, -0.2) is 23.9 Å². The Balaban J connectivity index is 1.77. The predicted octanol–water partition coefficient (Wildman–Crippen LogP) is 4.85. The number of thiophene rings is 1. The zero-order valence-corrected chi connectivity index (χ0v) is 17.4. The van der Waals surface area contributed by atoms with Gasteiger partial charge in [-0.1, -0.05) is 20.8 Å². The first-order valence-corrected chi connectivity index (χ1v) is 9.67. The molecule has 2 N–H and O–H groups in total. The topological polar surface area (TPSA) is 80.3 Å². The van der Waals surface area contributed by atoms with E-state index < -0.39 is 5.41 Å². The van der Waals surface area contributed by atoms with Crippen LogP contribution in [0.25, 0.3) is 10.9 Å². The smallest absolute Gasteiger partial charge is 0.266 e. The molecule has 28 heavy (non-hydrogen) atoms. The van der Waals surface area contributed by atoms with Crippen molar-refractivity contribution in [1.29, 1.82) is 0 Å². The van der Waals surface area contributed by atoms with Gasteiger partial charge < -0.3 is 15.4 Å². The molecule has 0 fully saturated rings. The minimum absolute atomic E-state index is 0.0850. The van der Waals surface area contributed by atoms with Gasteiger partial charge in [-0.05, 0) is 42.8 Å². The third kappa shape index (κ3) is 4.31. The molecule has 0 bridgehead atoms. The molecule has 0 aliphatic heterocycles. The lowest BCUT2D eigenvalue weighted by molar-refractivity contribution is -0.123. The summed E-state index contributed by atoms with van der Waals surface area (Å²) in [7, 11) is 1.57. The first kappa shape index (κ1) is 19.8. The van der Waals surface area contributed by atoms with Crippen molar-refractivity contribution in [3.8, 4) is 5.88 Å². The second-order valence-electron chi connectivity index (χ2n) is 7.54. The highest BCUT2D eigenvalue weighted by atomic mass is 32.1. The highest BCUT2D eigenvalue weighted by Crippen LogP contribution is 2.29. The first-order valence-electron chi connectivity index (χ1n) is 8.85. The molecule has 7 heteroatoms. The highest BCUT2D eigenvalue weighted by molar-refractivity contribution is 7.18. The second-order valence-corrected chi connectivity index (χ2v) is 8.59. The van der Waals surface area contributed by atoms with E-state index in [9.17, 15) is 9.59 Å². The van der Waals surface area contributed by atoms with E-state index in [2.05, 4.69) is 15.6 Å². The van der Waals surface area contributed by atoms with E-state index in [0.717, 1.165) is 16.5 Å². The number of amides is 2. The number of ether oxygens (including phenoxy) is 1. The number of nitrogens with zero attached hydrogens (tertiary/aromatic N) is 1. The molecule has 0 atom stereocenters. The molecule has 1 aromatic carbocycles. The largest absolute Gasteiger partial charge is 0.481 e. The van der Waals surface area contributed by atoms with Crippen LogP contribution < -0.4 is 15.4 Å². The minimum atomic E-state index is -0.498. The lowest BCUT2D eigenvalue weighted by Crippen LogP contribution is -2.27. The van der Waals surface area contributed by atoms with Crippen molar-refractivity contribution in [3.63, 3.8) is 0 Å². The van der Waals surface area contributed by atoms with Crippen LogP contribution >= 0.6 is 11.3 Å². The third-order valence-corrected chi connectivity index (χ3v) is 5.32. The molecular weight excluding hydrogens is 374 g/mol. The fourth-order valence-corrected chi connectivity index (χ4v) is 3.52. The van der Waals surface area contributed by atoms with Gasteiger partial charge in [0.05, 0.1) is 22.5 Å². The van der Waals surface area contributed by atoms with Crippen LogP contribution in [0.2, 0.25) is 0 Å². The van der Waals surface area contributed by atoms with E-state index in [1.807, 2.05) is 52.0 Å². The summed E-state index contributed by atoms with van der Waals surface area (Å²) < 4.78 is 5.13. The fourth-order valence-electron chi connectivity index (χ4n) is 2.55. The molecule has 3 aromatic rings. The molecule has 0 saturated carbocycles. The number of methoxy groups -OCH3 is 1. The summed E-state index contributed by atoms with van der Waals surface area (Å²) in [5.74, 6) is 0.251. The summed E-state index contributed by atoms with van der Waals surface area (Å²) in [6.45, 7) is 7.40. The van der Waals surface area contributed by atoms with E-state index >= 15 is 0 Å². The Bertz CT molecular complexity index is 1050. The Morgan fingerprint density at radius 1 is 1.07 bits per heavy atom. The van der Waals surface area contributed by atoms with Gasteiger partial charge in [0.1, 0.15) is 0 Å². The van der Waals surface area contributed by atoms with Crippen LogP contribution in [0.15, 0.2) is 36.4 Å². The van der Waals surface area contributed by atoms with Gasteiger partial charge in [0, 0.05) is 22.6 Å². The average molecular weight is 398 g/mol. The number of fused-ring (bicyclic) bond motifs is 1. The number of nitrogens with one attached hydrogen (secondary N) is 2. The Morgan fingerprint density at radius 3 is 2.50 bits per heavy atom.